The summed E-state index contributed by atoms with van der Waals surface area (Å²) in [6.07, 6.45) is 5.09. The maximum Gasteiger partial charge on any atom is 0.236 e. The molecule has 0 saturated carbocycles. The molecule has 2 saturated heterocycles. The number of thiazole rings is 1. The highest BCUT2D eigenvalue weighted by molar-refractivity contribution is 7.18. The van der Waals surface area contributed by atoms with Crippen molar-refractivity contribution in [3.05, 3.63) is 53.0 Å². The number of likely N-dealkylation sites (tertiary alicyclic amines) is 2. The minimum atomic E-state index is 0.254. The molecular formula is C27H31N3O3S. The van der Waals surface area contributed by atoms with E-state index >= 15 is 0 Å². The van der Waals surface area contributed by atoms with Crippen molar-refractivity contribution in [2.24, 2.45) is 0 Å². The van der Waals surface area contributed by atoms with E-state index < -0.39 is 0 Å². The molecule has 3 aromatic rings. The fraction of sp³-hybridized carbons (Fsp3) is 0.481. The van der Waals surface area contributed by atoms with Crippen LogP contribution in [0.5, 0.6) is 11.5 Å². The summed E-state index contributed by atoms with van der Waals surface area (Å²) >= 11 is 1.81. The van der Waals surface area contributed by atoms with Gasteiger partial charge in [-0.1, -0.05) is 18.2 Å². The number of piperidine rings is 1. The van der Waals surface area contributed by atoms with E-state index in [-0.39, 0.29) is 11.9 Å². The van der Waals surface area contributed by atoms with Crippen molar-refractivity contribution in [1.82, 2.24) is 14.8 Å². The van der Waals surface area contributed by atoms with Crippen LogP contribution in [0, 0.1) is 0 Å². The van der Waals surface area contributed by atoms with Crippen LogP contribution in [0.4, 0.5) is 0 Å². The number of fused-ring (bicyclic) bond motifs is 2. The minimum Gasteiger partial charge on any atom is -0.490 e. The molecule has 0 N–H and O–H groups in total. The Morgan fingerprint density at radius 2 is 1.79 bits per heavy atom. The van der Waals surface area contributed by atoms with Crippen LogP contribution in [0.2, 0.25) is 0 Å². The van der Waals surface area contributed by atoms with Gasteiger partial charge in [0.1, 0.15) is 0 Å². The highest BCUT2D eigenvalue weighted by Gasteiger charge is 2.32. The molecule has 178 valence electrons. The number of benzene rings is 2. The lowest BCUT2D eigenvalue weighted by atomic mass is 9.97. The van der Waals surface area contributed by atoms with Gasteiger partial charge in [0, 0.05) is 31.5 Å². The number of ether oxygens (including phenoxy) is 2. The van der Waals surface area contributed by atoms with Gasteiger partial charge in [-0.3, -0.25) is 9.69 Å². The van der Waals surface area contributed by atoms with E-state index in [1.807, 2.05) is 12.1 Å². The summed E-state index contributed by atoms with van der Waals surface area (Å²) in [5.41, 5.74) is 2.32. The molecule has 2 aromatic carbocycles. The monoisotopic (exact) mass is 477 g/mol. The summed E-state index contributed by atoms with van der Waals surface area (Å²) in [6.45, 7) is 4.49. The Morgan fingerprint density at radius 1 is 0.971 bits per heavy atom. The summed E-state index contributed by atoms with van der Waals surface area (Å²) in [5, 5.41) is 1.22. The molecule has 6 nitrogen and oxygen atoms in total. The number of nitrogens with zero attached hydrogens (tertiary/aromatic N) is 3. The largest absolute Gasteiger partial charge is 0.490 e. The van der Waals surface area contributed by atoms with E-state index in [4.69, 9.17) is 14.5 Å². The van der Waals surface area contributed by atoms with Gasteiger partial charge in [0.15, 0.2) is 11.5 Å². The average Bonchev–Trinajstić information content (AvgIpc) is 3.45. The number of amides is 1. The van der Waals surface area contributed by atoms with Crippen molar-refractivity contribution in [3.63, 3.8) is 0 Å². The Hall–Kier alpha value is -2.64. The Morgan fingerprint density at radius 3 is 2.65 bits per heavy atom. The van der Waals surface area contributed by atoms with Crippen molar-refractivity contribution < 1.29 is 14.3 Å². The summed E-state index contributed by atoms with van der Waals surface area (Å²) in [5.74, 6) is 2.38. The van der Waals surface area contributed by atoms with Gasteiger partial charge in [0.25, 0.3) is 0 Å². The molecule has 3 aliphatic rings. The van der Waals surface area contributed by atoms with Crippen LogP contribution in [-0.2, 0) is 4.79 Å². The summed E-state index contributed by atoms with van der Waals surface area (Å²) in [6, 6.07) is 14.9. The van der Waals surface area contributed by atoms with Crippen LogP contribution >= 0.6 is 11.3 Å². The van der Waals surface area contributed by atoms with Crippen LogP contribution in [0.25, 0.3) is 10.2 Å². The van der Waals surface area contributed by atoms with Gasteiger partial charge in [0.05, 0.1) is 35.0 Å². The number of hydrogen-bond donors (Lipinski definition) is 0. The quantitative estimate of drug-likeness (QED) is 0.529. The van der Waals surface area contributed by atoms with E-state index in [2.05, 4.69) is 40.1 Å². The molecule has 7 heteroatoms. The third kappa shape index (κ3) is 4.39. The molecule has 0 spiro atoms. The molecule has 4 heterocycles. The Balaban J connectivity index is 1.08. The number of carbonyl (C=O) groups is 1. The fourth-order valence-corrected chi connectivity index (χ4v) is 6.63. The molecule has 34 heavy (non-hydrogen) atoms. The zero-order chi connectivity index (χ0) is 22.9. The van der Waals surface area contributed by atoms with Crippen molar-refractivity contribution >= 4 is 27.5 Å². The maximum absolute atomic E-state index is 13.2. The van der Waals surface area contributed by atoms with Gasteiger partial charge in [-0.15, -0.1) is 11.3 Å². The van der Waals surface area contributed by atoms with Gasteiger partial charge in [0.2, 0.25) is 5.91 Å². The van der Waals surface area contributed by atoms with E-state index in [0.29, 0.717) is 25.7 Å². The van der Waals surface area contributed by atoms with Crippen LogP contribution in [0.15, 0.2) is 42.5 Å². The Labute approximate surface area is 204 Å². The molecule has 0 bridgehead atoms. The lowest BCUT2D eigenvalue weighted by Crippen LogP contribution is -2.43. The zero-order valence-electron chi connectivity index (χ0n) is 19.4. The predicted molar refractivity (Wildman–Crippen MR) is 134 cm³/mol. The third-order valence-corrected chi connectivity index (χ3v) is 8.56. The third-order valence-electron chi connectivity index (χ3n) is 7.37. The second-order valence-corrected chi connectivity index (χ2v) is 10.6. The highest BCUT2D eigenvalue weighted by Crippen LogP contribution is 2.38. The zero-order valence-corrected chi connectivity index (χ0v) is 20.3. The van der Waals surface area contributed by atoms with E-state index in [1.54, 1.807) is 11.3 Å². The number of para-hydroxylation sites is 1. The number of carbonyl (C=O) groups excluding carboxylic acids is 1. The van der Waals surface area contributed by atoms with Gasteiger partial charge in [-0.05, 0) is 62.1 Å². The first kappa shape index (κ1) is 21.9. The SMILES string of the molecule is O=C(CN1CCCC1c1ccc2c(c1)OCCCO2)N1CCC(c2nc3ccccc3s2)CC1. The number of hydrogen-bond acceptors (Lipinski definition) is 6. The molecule has 2 fully saturated rings. The van der Waals surface area contributed by atoms with E-state index in [0.717, 1.165) is 68.8 Å². The molecule has 6 rings (SSSR count). The molecule has 0 aliphatic carbocycles. The van der Waals surface area contributed by atoms with Gasteiger partial charge >= 0.3 is 0 Å². The summed E-state index contributed by atoms with van der Waals surface area (Å²) < 4.78 is 12.9. The molecular weight excluding hydrogens is 446 g/mol. The van der Waals surface area contributed by atoms with Crippen molar-refractivity contribution in [1.29, 1.82) is 0 Å². The molecule has 1 aromatic heterocycles. The first-order valence-electron chi connectivity index (χ1n) is 12.5. The first-order valence-corrected chi connectivity index (χ1v) is 13.3. The maximum atomic E-state index is 13.2. The Bertz CT molecular complexity index is 1140. The van der Waals surface area contributed by atoms with Crippen LogP contribution in [0.3, 0.4) is 0 Å². The van der Waals surface area contributed by atoms with Crippen molar-refractivity contribution in [2.45, 2.75) is 44.1 Å². The van der Waals surface area contributed by atoms with Crippen molar-refractivity contribution in [3.8, 4) is 11.5 Å². The Kier molecular flexibility index (Phi) is 6.14. The second-order valence-electron chi connectivity index (χ2n) is 9.56. The topological polar surface area (TPSA) is 54.9 Å². The minimum absolute atomic E-state index is 0.254. The van der Waals surface area contributed by atoms with Crippen molar-refractivity contribution in [2.75, 3.05) is 39.4 Å². The molecule has 0 radical (unpaired) electrons. The van der Waals surface area contributed by atoms with Crippen LogP contribution < -0.4 is 9.47 Å². The first-order chi connectivity index (χ1) is 16.7. The second kappa shape index (κ2) is 9.55. The van der Waals surface area contributed by atoms with E-state index in [9.17, 15) is 4.79 Å². The van der Waals surface area contributed by atoms with Gasteiger partial charge in [-0.2, -0.15) is 0 Å². The fourth-order valence-electron chi connectivity index (χ4n) is 5.49. The molecule has 1 amide bonds. The number of rotatable bonds is 4. The van der Waals surface area contributed by atoms with Gasteiger partial charge < -0.3 is 14.4 Å². The lowest BCUT2D eigenvalue weighted by molar-refractivity contribution is -0.133. The summed E-state index contributed by atoms with van der Waals surface area (Å²) in [7, 11) is 0. The van der Waals surface area contributed by atoms with Gasteiger partial charge in [-0.25, -0.2) is 4.98 Å². The normalized spacial score (nSPS) is 21.6. The number of aromatic nitrogens is 1. The molecule has 1 unspecified atom stereocenters. The smallest absolute Gasteiger partial charge is 0.236 e. The van der Waals surface area contributed by atoms with E-state index in [1.165, 1.54) is 15.3 Å². The van der Waals surface area contributed by atoms with Crippen LogP contribution in [0.1, 0.15) is 54.6 Å². The summed E-state index contributed by atoms with van der Waals surface area (Å²) in [4.78, 5) is 22.5. The molecule has 1 atom stereocenters. The molecule has 3 aliphatic heterocycles. The predicted octanol–water partition coefficient (Wildman–Crippen LogP) is 5.00. The highest BCUT2D eigenvalue weighted by atomic mass is 32.1. The van der Waals surface area contributed by atoms with Crippen LogP contribution in [-0.4, -0.2) is 60.1 Å². The standard InChI is InChI=1S/C27H31N3O3S/c31-26(29-13-10-19(11-14-29)27-28-21-5-1-2-7-25(21)34-27)18-30-12-3-6-22(30)20-8-9-23-24(17-20)33-16-4-15-32-23/h1-2,5,7-9,17,19,22H,3-4,6,10-16,18H2. The lowest BCUT2D eigenvalue weighted by Gasteiger charge is -2.33. The average molecular weight is 478 g/mol.